The predicted molar refractivity (Wildman–Crippen MR) is 70.3 cm³/mol. The lowest BCUT2D eigenvalue weighted by Crippen LogP contribution is -2.26. The number of rotatable bonds is 5. The number of anilines is 1. The summed E-state index contributed by atoms with van der Waals surface area (Å²) in [7, 11) is 0. The molecular formula is C10H14N4O5S. The smallest absolute Gasteiger partial charge is 0.362 e. The average Bonchev–Trinajstić information content (AvgIpc) is 2.68. The fourth-order valence-corrected chi connectivity index (χ4v) is 1.46. The molecule has 0 unspecified atom stereocenters. The molecule has 0 aliphatic rings. The van der Waals surface area contributed by atoms with Gasteiger partial charge < -0.3 is 20.4 Å². The van der Waals surface area contributed by atoms with Crippen molar-refractivity contribution in [3.8, 4) is 0 Å². The zero-order valence-corrected chi connectivity index (χ0v) is 11.9. The van der Waals surface area contributed by atoms with Crippen LogP contribution in [0.4, 0.5) is 5.13 Å². The third-order valence-electron chi connectivity index (χ3n) is 1.61. The molecule has 0 saturated heterocycles. The highest BCUT2D eigenvalue weighted by Crippen LogP contribution is 2.08. The van der Waals surface area contributed by atoms with Gasteiger partial charge in [-0.2, -0.15) is 9.36 Å². The second kappa shape index (κ2) is 6.28. The predicted octanol–water partition coefficient (Wildman–Crippen LogP) is 0.267. The van der Waals surface area contributed by atoms with Gasteiger partial charge in [-0.25, -0.2) is 9.59 Å². The number of aliphatic carboxylic acids is 1. The molecule has 0 aliphatic carbocycles. The third-order valence-corrected chi connectivity index (χ3v) is 2.16. The minimum absolute atomic E-state index is 0.0982. The zero-order chi connectivity index (χ0) is 15.3. The van der Waals surface area contributed by atoms with Gasteiger partial charge in [-0.15, -0.1) is 0 Å². The molecule has 0 amide bonds. The van der Waals surface area contributed by atoms with Crippen LogP contribution in [0.3, 0.4) is 0 Å². The van der Waals surface area contributed by atoms with Crippen LogP contribution in [0.15, 0.2) is 5.16 Å². The van der Waals surface area contributed by atoms with Crippen LogP contribution in [-0.4, -0.2) is 44.3 Å². The number of esters is 1. The van der Waals surface area contributed by atoms with Gasteiger partial charge in [0.25, 0.3) is 0 Å². The van der Waals surface area contributed by atoms with E-state index in [0.29, 0.717) is 0 Å². The summed E-state index contributed by atoms with van der Waals surface area (Å²) in [4.78, 5) is 30.6. The Morgan fingerprint density at radius 1 is 1.45 bits per heavy atom. The molecule has 9 nitrogen and oxygen atoms in total. The Labute approximate surface area is 118 Å². The van der Waals surface area contributed by atoms with E-state index in [2.05, 4.69) is 19.4 Å². The monoisotopic (exact) mass is 302 g/mol. The topological polar surface area (TPSA) is 137 Å². The molecule has 0 atom stereocenters. The molecule has 1 aromatic heterocycles. The number of carbonyl (C=O) groups is 2. The molecule has 0 spiro atoms. The van der Waals surface area contributed by atoms with Gasteiger partial charge in [0, 0.05) is 11.5 Å². The number of carboxylic acids is 1. The van der Waals surface area contributed by atoms with Crippen molar-refractivity contribution in [3.05, 3.63) is 5.82 Å². The van der Waals surface area contributed by atoms with E-state index in [9.17, 15) is 9.59 Å². The van der Waals surface area contributed by atoms with Crippen molar-refractivity contribution < 1.29 is 24.3 Å². The number of carboxylic acid groups (broad SMARTS) is 1. The van der Waals surface area contributed by atoms with E-state index in [4.69, 9.17) is 15.6 Å². The van der Waals surface area contributed by atoms with Crippen molar-refractivity contribution in [1.29, 1.82) is 0 Å². The Morgan fingerprint density at radius 3 is 2.55 bits per heavy atom. The Hall–Kier alpha value is -2.23. The first-order chi connectivity index (χ1) is 9.19. The van der Waals surface area contributed by atoms with Gasteiger partial charge in [0.05, 0.1) is 0 Å². The molecule has 0 bridgehead atoms. The van der Waals surface area contributed by atoms with Gasteiger partial charge in [0.2, 0.25) is 18.1 Å². The zero-order valence-electron chi connectivity index (χ0n) is 11.1. The number of nitrogen functional groups attached to an aromatic ring is 1. The van der Waals surface area contributed by atoms with Gasteiger partial charge in [-0.05, 0) is 20.8 Å². The van der Waals surface area contributed by atoms with Crippen molar-refractivity contribution in [2.24, 2.45) is 5.16 Å². The first kappa shape index (κ1) is 15.8. The number of hydrogen-bond acceptors (Lipinski definition) is 9. The molecule has 0 fully saturated rings. The minimum Gasteiger partial charge on any atom is -0.476 e. The summed E-state index contributed by atoms with van der Waals surface area (Å²) >= 11 is 0.823. The highest BCUT2D eigenvalue weighted by molar-refractivity contribution is 7.09. The molecule has 20 heavy (non-hydrogen) atoms. The molecule has 10 heteroatoms. The van der Waals surface area contributed by atoms with Crippen LogP contribution in [0, 0.1) is 0 Å². The van der Waals surface area contributed by atoms with Gasteiger partial charge in [-0.1, -0.05) is 5.16 Å². The van der Waals surface area contributed by atoms with Crippen molar-refractivity contribution in [3.63, 3.8) is 0 Å². The highest BCUT2D eigenvalue weighted by Gasteiger charge is 2.20. The lowest BCUT2D eigenvalue weighted by molar-refractivity contribution is -0.160. The number of aromatic nitrogens is 2. The number of hydrogen-bond donors (Lipinski definition) is 2. The molecule has 3 N–H and O–H groups in total. The first-order valence-electron chi connectivity index (χ1n) is 5.43. The van der Waals surface area contributed by atoms with Gasteiger partial charge in [0.15, 0.2) is 5.13 Å². The maximum absolute atomic E-state index is 11.3. The van der Waals surface area contributed by atoms with Gasteiger partial charge in [-0.3, -0.25) is 0 Å². The van der Waals surface area contributed by atoms with Crippen LogP contribution in [0.2, 0.25) is 0 Å². The lowest BCUT2D eigenvalue weighted by Gasteiger charge is -2.18. The summed E-state index contributed by atoms with van der Waals surface area (Å²) in [6.07, 6.45) is 0. The van der Waals surface area contributed by atoms with Crippen LogP contribution >= 0.6 is 11.5 Å². The summed E-state index contributed by atoms with van der Waals surface area (Å²) < 4.78 is 8.65. The Morgan fingerprint density at radius 2 is 2.10 bits per heavy atom. The number of nitrogens with two attached hydrogens (primary N) is 1. The van der Waals surface area contributed by atoms with E-state index in [-0.39, 0.29) is 11.0 Å². The summed E-state index contributed by atoms with van der Waals surface area (Å²) in [5, 5.41) is 12.4. The fourth-order valence-electron chi connectivity index (χ4n) is 1.03. The van der Waals surface area contributed by atoms with Crippen LogP contribution in [-0.2, 0) is 19.2 Å². The maximum Gasteiger partial charge on any atom is 0.362 e. The lowest BCUT2D eigenvalue weighted by atomic mass is 10.2. The van der Waals surface area contributed by atoms with Gasteiger partial charge >= 0.3 is 11.9 Å². The first-order valence-corrected chi connectivity index (χ1v) is 6.21. The van der Waals surface area contributed by atoms with Crippen LogP contribution in [0.25, 0.3) is 0 Å². The van der Waals surface area contributed by atoms with E-state index in [1.165, 1.54) is 0 Å². The standard InChI is InChI=1S/C10H14N4O5S/c1-10(2,3)19-5(15)4-18-13-6(8(16)17)7-12-9(11)20-14-7/h4H2,1-3H3,(H,16,17)(H2,11,12,14)/b13-6+. The van der Waals surface area contributed by atoms with Crippen molar-refractivity contribution in [1.82, 2.24) is 9.36 Å². The third kappa shape index (κ3) is 5.18. The van der Waals surface area contributed by atoms with E-state index < -0.39 is 29.9 Å². The fraction of sp³-hybridized carbons (Fsp3) is 0.500. The minimum atomic E-state index is -1.40. The van der Waals surface area contributed by atoms with Crippen LogP contribution < -0.4 is 5.73 Å². The van der Waals surface area contributed by atoms with Crippen molar-refractivity contribution >= 4 is 34.3 Å². The molecule has 1 aromatic rings. The summed E-state index contributed by atoms with van der Waals surface area (Å²) in [5.41, 5.74) is 4.14. The highest BCUT2D eigenvalue weighted by atomic mass is 32.1. The molecule has 1 rings (SSSR count). The second-order valence-corrected chi connectivity index (χ2v) is 5.34. The quantitative estimate of drug-likeness (QED) is 0.449. The number of ether oxygens (including phenoxy) is 1. The summed E-state index contributed by atoms with van der Waals surface area (Å²) in [6, 6.07) is 0. The van der Waals surface area contributed by atoms with Crippen molar-refractivity contribution in [2.45, 2.75) is 26.4 Å². The van der Waals surface area contributed by atoms with E-state index >= 15 is 0 Å². The largest absolute Gasteiger partial charge is 0.476 e. The maximum atomic E-state index is 11.3. The van der Waals surface area contributed by atoms with E-state index in [1.54, 1.807) is 20.8 Å². The summed E-state index contributed by atoms with van der Waals surface area (Å²) in [5.74, 6) is -2.24. The Kier molecular flexibility index (Phi) is 4.97. The van der Waals surface area contributed by atoms with Crippen molar-refractivity contribution in [2.75, 3.05) is 12.3 Å². The average molecular weight is 302 g/mol. The van der Waals surface area contributed by atoms with E-state index in [0.717, 1.165) is 11.5 Å². The second-order valence-electron chi connectivity index (χ2n) is 4.56. The molecule has 110 valence electrons. The van der Waals surface area contributed by atoms with Gasteiger partial charge in [0.1, 0.15) is 5.60 Å². The number of oxime groups is 1. The molecule has 0 aliphatic heterocycles. The molecule has 1 heterocycles. The molecule has 0 saturated carbocycles. The SMILES string of the molecule is CC(C)(C)OC(=O)CO/N=C(/C(=O)O)c1nsc(N)n1. The molecular weight excluding hydrogens is 288 g/mol. The van der Waals surface area contributed by atoms with Crippen LogP contribution in [0.5, 0.6) is 0 Å². The normalized spacial score (nSPS) is 12.1. The summed E-state index contributed by atoms with van der Waals surface area (Å²) in [6.45, 7) is 4.56. The van der Waals surface area contributed by atoms with Crippen LogP contribution in [0.1, 0.15) is 26.6 Å². The Bertz CT molecular complexity index is 534. The van der Waals surface area contributed by atoms with E-state index in [1.807, 2.05) is 0 Å². The number of carbonyl (C=O) groups excluding carboxylic acids is 1. The Balaban J connectivity index is 2.66. The molecule has 0 aromatic carbocycles. The molecule has 0 radical (unpaired) electrons. The number of nitrogens with zero attached hydrogens (tertiary/aromatic N) is 3.